The maximum Gasteiger partial charge on any atom is 0.246 e. The maximum absolute atomic E-state index is 12.3. The Balaban J connectivity index is 2.06. The van der Waals surface area contributed by atoms with E-state index in [1.165, 1.54) is 0 Å². The predicted octanol–water partition coefficient (Wildman–Crippen LogP) is 3.07. The van der Waals surface area contributed by atoms with Crippen molar-refractivity contribution in [2.75, 3.05) is 0 Å². The van der Waals surface area contributed by atoms with Gasteiger partial charge in [0.15, 0.2) is 5.76 Å². The van der Waals surface area contributed by atoms with Crippen LogP contribution in [0.15, 0.2) is 40.9 Å². The van der Waals surface area contributed by atoms with E-state index in [9.17, 15) is 4.79 Å². The van der Waals surface area contributed by atoms with Crippen molar-refractivity contribution >= 4 is 16.8 Å². The molecule has 0 fully saturated rings. The molecule has 1 aromatic carbocycles. The van der Waals surface area contributed by atoms with Crippen LogP contribution in [-0.2, 0) is 0 Å². The molecular weight excluding hydrogens is 240 g/mol. The number of carbonyl (C=O) groups is 1. The summed E-state index contributed by atoms with van der Waals surface area (Å²) in [6.07, 6.45) is 1.57. The highest BCUT2D eigenvalue weighted by Crippen LogP contribution is 2.22. The third-order valence-electron chi connectivity index (χ3n) is 2.90. The molecule has 3 aromatic rings. The van der Waals surface area contributed by atoms with Gasteiger partial charge in [0, 0.05) is 11.6 Å². The molecule has 0 aliphatic heterocycles. The SMILES string of the molecule is Cc1ccc2oc(C(=O)c3ccnc(C)n3)cc2c1. The summed E-state index contributed by atoms with van der Waals surface area (Å²) in [4.78, 5) is 20.4. The molecule has 3 rings (SSSR count). The van der Waals surface area contributed by atoms with Crippen molar-refractivity contribution in [3.05, 3.63) is 59.4 Å². The van der Waals surface area contributed by atoms with Crippen molar-refractivity contribution in [3.63, 3.8) is 0 Å². The van der Waals surface area contributed by atoms with Gasteiger partial charge in [-0.25, -0.2) is 9.97 Å². The van der Waals surface area contributed by atoms with Gasteiger partial charge in [-0.3, -0.25) is 4.79 Å². The van der Waals surface area contributed by atoms with Gasteiger partial charge in [-0.2, -0.15) is 0 Å². The van der Waals surface area contributed by atoms with E-state index in [0.717, 1.165) is 10.9 Å². The number of rotatable bonds is 2. The Labute approximate surface area is 110 Å². The number of ketones is 1. The van der Waals surface area contributed by atoms with Crippen LogP contribution in [0.1, 0.15) is 27.6 Å². The lowest BCUT2D eigenvalue weighted by Crippen LogP contribution is -2.04. The fourth-order valence-electron chi connectivity index (χ4n) is 1.98. The second-order valence-corrected chi connectivity index (χ2v) is 4.47. The summed E-state index contributed by atoms with van der Waals surface area (Å²) >= 11 is 0. The number of fused-ring (bicyclic) bond motifs is 1. The second kappa shape index (κ2) is 4.31. The minimum absolute atomic E-state index is 0.223. The highest BCUT2D eigenvalue weighted by Gasteiger charge is 2.16. The van der Waals surface area contributed by atoms with Gasteiger partial charge < -0.3 is 4.42 Å². The van der Waals surface area contributed by atoms with Crippen LogP contribution >= 0.6 is 0 Å². The number of hydrogen-bond acceptors (Lipinski definition) is 4. The van der Waals surface area contributed by atoms with Crippen LogP contribution in [0.3, 0.4) is 0 Å². The smallest absolute Gasteiger partial charge is 0.246 e. The number of hydrogen-bond donors (Lipinski definition) is 0. The van der Waals surface area contributed by atoms with Crippen molar-refractivity contribution in [2.24, 2.45) is 0 Å². The molecule has 0 spiro atoms. The average Bonchev–Trinajstić information content (AvgIpc) is 2.80. The van der Waals surface area contributed by atoms with E-state index in [1.807, 2.05) is 25.1 Å². The number of aromatic nitrogens is 2. The first-order chi connectivity index (χ1) is 9.13. The van der Waals surface area contributed by atoms with Gasteiger partial charge in [-0.05, 0) is 38.1 Å². The Morgan fingerprint density at radius 1 is 1.16 bits per heavy atom. The maximum atomic E-state index is 12.3. The molecule has 0 N–H and O–H groups in total. The van der Waals surface area contributed by atoms with Crippen LogP contribution in [-0.4, -0.2) is 15.8 Å². The number of nitrogens with zero attached hydrogens (tertiary/aromatic N) is 2. The zero-order valence-corrected chi connectivity index (χ0v) is 10.7. The molecule has 94 valence electrons. The van der Waals surface area contributed by atoms with Gasteiger partial charge in [0.1, 0.15) is 17.1 Å². The predicted molar refractivity (Wildman–Crippen MR) is 71.2 cm³/mol. The fourth-order valence-corrected chi connectivity index (χ4v) is 1.98. The van der Waals surface area contributed by atoms with Crippen molar-refractivity contribution in [2.45, 2.75) is 13.8 Å². The molecule has 4 heteroatoms. The first-order valence-corrected chi connectivity index (χ1v) is 5.98. The summed E-state index contributed by atoms with van der Waals surface area (Å²) in [5, 5.41) is 0.925. The van der Waals surface area contributed by atoms with Crippen molar-refractivity contribution < 1.29 is 9.21 Å². The highest BCUT2D eigenvalue weighted by atomic mass is 16.3. The van der Waals surface area contributed by atoms with E-state index in [2.05, 4.69) is 9.97 Å². The molecule has 0 bridgehead atoms. The molecule has 0 unspecified atom stereocenters. The number of benzene rings is 1. The first-order valence-electron chi connectivity index (χ1n) is 5.98. The highest BCUT2D eigenvalue weighted by molar-refractivity contribution is 6.07. The molecule has 0 saturated heterocycles. The second-order valence-electron chi connectivity index (χ2n) is 4.47. The summed E-state index contributed by atoms with van der Waals surface area (Å²) < 4.78 is 5.57. The van der Waals surface area contributed by atoms with E-state index in [4.69, 9.17) is 4.42 Å². The molecule has 19 heavy (non-hydrogen) atoms. The topological polar surface area (TPSA) is 56.0 Å². The van der Waals surface area contributed by atoms with E-state index in [-0.39, 0.29) is 5.78 Å². The summed E-state index contributed by atoms with van der Waals surface area (Å²) in [7, 11) is 0. The third kappa shape index (κ3) is 2.12. The number of aryl methyl sites for hydroxylation is 2. The molecule has 2 heterocycles. The van der Waals surface area contributed by atoms with Crippen LogP contribution in [0.4, 0.5) is 0 Å². The average molecular weight is 252 g/mol. The monoisotopic (exact) mass is 252 g/mol. The molecule has 0 saturated carbocycles. The van der Waals surface area contributed by atoms with Gasteiger partial charge in [-0.1, -0.05) is 11.6 Å². The zero-order chi connectivity index (χ0) is 13.4. The Morgan fingerprint density at radius 2 is 2.00 bits per heavy atom. The summed E-state index contributed by atoms with van der Waals surface area (Å²) in [5.74, 6) is 0.649. The van der Waals surface area contributed by atoms with Gasteiger partial charge in [0.05, 0.1) is 0 Å². The normalized spacial score (nSPS) is 10.8. The van der Waals surface area contributed by atoms with Crippen molar-refractivity contribution in [1.29, 1.82) is 0 Å². The number of furan rings is 1. The van der Waals surface area contributed by atoms with Gasteiger partial charge in [0.2, 0.25) is 5.78 Å². The van der Waals surface area contributed by atoms with Gasteiger partial charge in [0.25, 0.3) is 0 Å². The Bertz CT molecular complexity index is 775. The molecule has 0 atom stereocenters. The quantitative estimate of drug-likeness (QED) is 0.658. The molecule has 2 aromatic heterocycles. The first kappa shape index (κ1) is 11.6. The Morgan fingerprint density at radius 3 is 2.79 bits per heavy atom. The summed E-state index contributed by atoms with van der Waals surface area (Å²) in [5.41, 5.74) is 2.19. The Hall–Kier alpha value is -2.49. The van der Waals surface area contributed by atoms with Gasteiger partial charge in [-0.15, -0.1) is 0 Å². The van der Waals surface area contributed by atoms with Crippen LogP contribution < -0.4 is 0 Å². The largest absolute Gasteiger partial charge is 0.453 e. The lowest BCUT2D eigenvalue weighted by atomic mass is 10.1. The van der Waals surface area contributed by atoms with E-state index >= 15 is 0 Å². The Kier molecular flexibility index (Phi) is 2.63. The van der Waals surface area contributed by atoms with Gasteiger partial charge >= 0.3 is 0 Å². The van der Waals surface area contributed by atoms with Crippen LogP contribution in [0.25, 0.3) is 11.0 Å². The fraction of sp³-hybridized carbons (Fsp3) is 0.133. The zero-order valence-electron chi connectivity index (χ0n) is 10.7. The van der Waals surface area contributed by atoms with Crippen molar-refractivity contribution in [3.8, 4) is 0 Å². The summed E-state index contributed by atoms with van der Waals surface area (Å²) in [6.45, 7) is 3.75. The van der Waals surface area contributed by atoms with Crippen LogP contribution in [0, 0.1) is 13.8 Å². The minimum atomic E-state index is -0.223. The summed E-state index contributed by atoms with van der Waals surface area (Å²) in [6, 6.07) is 9.15. The molecule has 0 aliphatic rings. The molecule has 0 amide bonds. The third-order valence-corrected chi connectivity index (χ3v) is 2.90. The van der Waals surface area contributed by atoms with E-state index in [0.29, 0.717) is 22.9 Å². The lowest BCUT2D eigenvalue weighted by Gasteiger charge is -1.96. The van der Waals surface area contributed by atoms with Crippen molar-refractivity contribution in [1.82, 2.24) is 9.97 Å². The van der Waals surface area contributed by atoms with Crippen LogP contribution in [0.2, 0.25) is 0 Å². The van der Waals surface area contributed by atoms with E-state index < -0.39 is 0 Å². The standard InChI is InChI=1S/C15H12N2O2/c1-9-3-4-13-11(7-9)8-14(19-13)15(18)12-5-6-16-10(2)17-12/h3-8H,1-2H3. The molecule has 0 radical (unpaired) electrons. The van der Waals surface area contributed by atoms with E-state index in [1.54, 1.807) is 25.3 Å². The van der Waals surface area contributed by atoms with Crippen LogP contribution in [0.5, 0.6) is 0 Å². The minimum Gasteiger partial charge on any atom is -0.453 e. The lowest BCUT2D eigenvalue weighted by molar-refractivity contribution is 0.101. The molecule has 4 nitrogen and oxygen atoms in total. The number of carbonyl (C=O) groups excluding carboxylic acids is 1. The molecular formula is C15H12N2O2. The molecule has 0 aliphatic carbocycles.